The maximum absolute atomic E-state index is 8.95. The highest BCUT2D eigenvalue weighted by Gasteiger charge is 2.23. The van der Waals surface area contributed by atoms with E-state index in [1.54, 1.807) is 18.7 Å². The van der Waals surface area contributed by atoms with Gasteiger partial charge < -0.3 is 9.80 Å². The van der Waals surface area contributed by atoms with E-state index in [0.717, 1.165) is 37.4 Å². The third-order valence-corrected chi connectivity index (χ3v) is 4.16. The van der Waals surface area contributed by atoms with Crippen molar-refractivity contribution in [2.75, 3.05) is 29.9 Å². The summed E-state index contributed by atoms with van der Waals surface area (Å²) in [6.45, 7) is 1.93. The lowest BCUT2D eigenvalue weighted by Crippen LogP contribution is -2.43. The van der Waals surface area contributed by atoms with Gasteiger partial charge in [0.05, 0.1) is 0 Å². The number of hydrogen-bond donors (Lipinski definition) is 0. The Kier molecular flexibility index (Phi) is 4.15. The van der Waals surface area contributed by atoms with E-state index in [4.69, 9.17) is 5.26 Å². The number of anilines is 2. The Morgan fingerprint density at radius 3 is 2.73 bits per heavy atom. The van der Waals surface area contributed by atoms with Crippen LogP contribution in [0.1, 0.15) is 18.5 Å². The summed E-state index contributed by atoms with van der Waals surface area (Å²) in [5, 5.41) is 8.95. The monoisotopic (exact) mass is 294 g/mol. The van der Waals surface area contributed by atoms with E-state index < -0.39 is 0 Å². The molecule has 0 amide bonds. The molecule has 1 aliphatic heterocycles. The second kappa shape index (κ2) is 6.39. The molecular formula is C16H18N6. The summed E-state index contributed by atoms with van der Waals surface area (Å²) in [4.78, 5) is 16.8. The zero-order valence-electron chi connectivity index (χ0n) is 12.6. The van der Waals surface area contributed by atoms with Crippen molar-refractivity contribution in [3.05, 3.63) is 42.6 Å². The van der Waals surface area contributed by atoms with E-state index in [1.165, 1.54) is 0 Å². The van der Waals surface area contributed by atoms with Gasteiger partial charge in [0.25, 0.3) is 0 Å². The molecule has 6 nitrogen and oxygen atoms in total. The molecule has 22 heavy (non-hydrogen) atoms. The second-order valence-corrected chi connectivity index (χ2v) is 5.41. The minimum atomic E-state index is 0.470. The number of aromatic nitrogens is 3. The van der Waals surface area contributed by atoms with Crippen molar-refractivity contribution in [3.63, 3.8) is 0 Å². The standard InChI is InChI=1S/C16H18N6/c1-21(16-3-6-18-12-20-16)14-4-8-22(9-5-14)15-2-7-19-13(10-15)11-17/h2-3,6-7,10,12,14H,4-5,8-9H2,1H3. The molecule has 3 rings (SSSR count). The number of pyridine rings is 1. The molecule has 0 radical (unpaired) electrons. The first kappa shape index (κ1) is 14.3. The van der Waals surface area contributed by atoms with E-state index in [0.29, 0.717) is 11.7 Å². The van der Waals surface area contributed by atoms with Crippen LogP contribution < -0.4 is 9.80 Å². The van der Waals surface area contributed by atoms with Crippen LogP contribution in [0.2, 0.25) is 0 Å². The molecule has 0 atom stereocenters. The van der Waals surface area contributed by atoms with Crippen molar-refractivity contribution < 1.29 is 0 Å². The minimum absolute atomic E-state index is 0.470. The molecule has 1 saturated heterocycles. The third-order valence-electron chi connectivity index (χ3n) is 4.16. The SMILES string of the molecule is CN(c1ccncn1)C1CCN(c2ccnc(C#N)c2)CC1. The molecule has 3 heterocycles. The molecule has 2 aromatic heterocycles. The second-order valence-electron chi connectivity index (χ2n) is 5.41. The molecule has 0 aromatic carbocycles. The van der Waals surface area contributed by atoms with E-state index in [2.05, 4.69) is 37.9 Å². The molecule has 0 aliphatic carbocycles. The van der Waals surface area contributed by atoms with E-state index in [-0.39, 0.29) is 0 Å². The van der Waals surface area contributed by atoms with Crippen LogP contribution >= 0.6 is 0 Å². The smallest absolute Gasteiger partial charge is 0.142 e. The average molecular weight is 294 g/mol. The van der Waals surface area contributed by atoms with Gasteiger partial charge in [-0.3, -0.25) is 0 Å². The van der Waals surface area contributed by atoms with Crippen LogP contribution in [0, 0.1) is 11.3 Å². The quantitative estimate of drug-likeness (QED) is 0.860. The molecule has 1 aliphatic rings. The van der Waals surface area contributed by atoms with Gasteiger partial charge in [0, 0.05) is 44.3 Å². The van der Waals surface area contributed by atoms with Crippen LogP contribution in [0.5, 0.6) is 0 Å². The van der Waals surface area contributed by atoms with Crippen molar-refractivity contribution >= 4 is 11.5 Å². The Morgan fingerprint density at radius 1 is 1.23 bits per heavy atom. The Labute approximate surface area is 130 Å². The lowest BCUT2D eigenvalue weighted by molar-refractivity contribution is 0.480. The highest BCUT2D eigenvalue weighted by molar-refractivity contribution is 5.49. The summed E-state index contributed by atoms with van der Waals surface area (Å²) in [7, 11) is 2.09. The number of piperidine rings is 1. The van der Waals surface area contributed by atoms with Gasteiger partial charge in [-0.05, 0) is 31.0 Å². The van der Waals surface area contributed by atoms with E-state index in [9.17, 15) is 0 Å². The van der Waals surface area contributed by atoms with Gasteiger partial charge in [-0.2, -0.15) is 5.26 Å². The van der Waals surface area contributed by atoms with Gasteiger partial charge in [0.2, 0.25) is 0 Å². The van der Waals surface area contributed by atoms with Crippen LogP contribution in [-0.2, 0) is 0 Å². The highest BCUT2D eigenvalue weighted by atomic mass is 15.2. The number of rotatable bonds is 3. The first-order valence-electron chi connectivity index (χ1n) is 7.38. The molecule has 0 N–H and O–H groups in total. The van der Waals surface area contributed by atoms with E-state index >= 15 is 0 Å². The largest absolute Gasteiger partial charge is 0.371 e. The predicted molar refractivity (Wildman–Crippen MR) is 84.6 cm³/mol. The van der Waals surface area contributed by atoms with Crippen molar-refractivity contribution in [2.24, 2.45) is 0 Å². The Morgan fingerprint density at radius 2 is 2.05 bits per heavy atom. The fourth-order valence-electron chi connectivity index (χ4n) is 2.87. The maximum Gasteiger partial charge on any atom is 0.142 e. The molecule has 0 unspecified atom stereocenters. The van der Waals surface area contributed by atoms with Gasteiger partial charge in [-0.25, -0.2) is 15.0 Å². The summed E-state index contributed by atoms with van der Waals surface area (Å²) < 4.78 is 0. The Hall–Kier alpha value is -2.68. The van der Waals surface area contributed by atoms with Crippen molar-refractivity contribution in [1.82, 2.24) is 15.0 Å². The van der Waals surface area contributed by atoms with E-state index in [1.807, 2.05) is 18.2 Å². The molecule has 112 valence electrons. The molecule has 2 aromatic rings. The van der Waals surface area contributed by atoms with Crippen LogP contribution in [-0.4, -0.2) is 41.1 Å². The van der Waals surface area contributed by atoms with Gasteiger partial charge in [-0.15, -0.1) is 0 Å². The minimum Gasteiger partial charge on any atom is -0.371 e. The normalized spacial score (nSPS) is 15.4. The Balaban J connectivity index is 1.64. The number of nitriles is 1. The lowest BCUT2D eigenvalue weighted by atomic mass is 10.0. The van der Waals surface area contributed by atoms with Gasteiger partial charge in [0.1, 0.15) is 23.9 Å². The average Bonchev–Trinajstić information content (AvgIpc) is 2.62. The summed E-state index contributed by atoms with van der Waals surface area (Å²) in [6.07, 6.45) is 7.18. The summed E-state index contributed by atoms with van der Waals surface area (Å²) in [5.74, 6) is 0.962. The Bertz CT molecular complexity index is 658. The molecule has 1 fully saturated rings. The molecular weight excluding hydrogens is 276 g/mol. The van der Waals surface area contributed by atoms with Crippen molar-refractivity contribution in [3.8, 4) is 6.07 Å². The van der Waals surface area contributed by atoms with Crippen LogP contribution in [0.3, 0.4) is 0 Å². The fourth-order valence-corrected chi connectivity index (χ4v) is 2.87. The molecule has 0 spiro atoms. The van der Waals surface area contributed by atoms with Crippen molar-refractivity contribution in [1.29, 1.82) is 5.26 Å². The van der Waals surface area contributed by atoms with Crippen LogP contribution in [0.25, 0.3) is 0 Å². The molecule has 0 bridgehead atoms. The fraction of sp³-hybridized carbons (Fsp3) is 0.375. The van der Waals surface area contributed by atoms with Gasteiger partial charge in [0.15, 0.2) is 0 Å². The molecule has 0 saturated carbocycles. The highest BCUT2D eigenvalue weighted by Crippen LogP contribution is 2.24. The van der Waals surface area contributed by atoms with Crippen LogP contribution in [0.15, 0.2) is 36.9 Å². The molecule has 6 heteroatoms. The first-order chi connectivity index (χ1) is 10.8. The predicted octanol–water partition coefficient (Wildman–Crippen LogP) is 1.85. The van der Waals surface area contributed by atoms with Gasteiger partial charge >= 0.3 is 0 Å². The first-order valence-corrected chi connectivity index (χ1v) is 7.38. The van der Waals surface area contributed by atoms with Crippen molar-refractivity contribution in [2.45, 2.75) is 18.9 Å². The summed E-state index contributed by atoms with van der Waals surface area (Å²) >= 11 is 0. The van der Waals surface area contributed by atoms with Crippen LogP contribution in [0.4, 0.5) is 11.5 Å². The van der Waals surface area contributed by atoms with Gasteiger partial charge in [-0.1, -0.05) is 0 Å². The maximum atomic E-state index is 8.95. The zero-order chi connectivity index (χ0) is 15.4. The third kappa shape index (κ3) is 2.98. The summed E-state index contributed by atoms with van der Waals surface area (Å²) in [6, 6.07) is 8.33. The topological polar surface area (TPSA) is 68.9 Å². The lowest BCUT2D eigenvalue weighted by Gasteiger charge is -2.38. The zero-order valence-corrected chi connectivity index (χ0v) is 12.6. The summed E-state index contributed by atoms with van der Waals surface area (Å²) in [5.41, 5.74) is 1.55. The number of hydrogen-bond acceptors (Lipinski definition) is 6. The number of nitrogens with zero attached hydrogens (tertiary/aromatic N) is 6.